The molecular weight excluding hydrogens is 456 g/mol. The Labute approximate surface area is 203 Å². The molecule has 0 saturated carbocycles. The van der Waals surface area contributed by atoms with Crippen LogP contribution in [0.5, 0.6) is 5.75 Å². The van der Waals surface area contributed by atoms with Crippen molar-refractivity contribution < 1.29 is 14.0 Å². The van der Waals surface area contributed by atoms with E-state index in [0.717, 1.165) is 40.4 Å². The molecule has 174 valence electrons. The smallest absolute Gasteiger partial charge is 0.258 e. The molecule has 0 bridgehead atoms. The third-order valence-corrected chi connectivity index (χ3v) is 6.62. The maximum atomic E-state index is 5.76. The van der Waals surface area contributed by atoms with Gasteiger partial charge in [0.25, 0.3) is 5.89 Å². The number of allylic oxidation sites excluding steroid dienone is 1. The van der Waals surface area contributed by atoms with Gasteiger partial charge in [0, 0.05) is 18.8 Å². The summed E-state index contributed by atoms with van der Waals surface area (Å²) in [7, 11) is 1.66. The predicted molar refractivity (Wildman–Crippen MR) is 134 cm³/mol. The lowest BCUT2D eigenvalue weighted by atomic mass is 9.94. The molecule has 4 rings (SSSR count). The molecule has 1 aliphatic heterocycles. The molecule has 9 heteroatoms. The van der Waals surface area contributed by atoms with Gasteiger partial charge in [-0.1, -0.05) is 23.4 Å². The van der Waals surface area contributed by atoms with Gasteiger partial charge in [-0.15, -0.1) is 11.3 Å². The molecule has 1 N–H and O–H groups in total. The number of thiophene rings is 1. The van der Waals surface area contributed by atoms with Crippen LogP contribution in [-0.2, 0) is 4.74 Å². The number of thiocarbonyl (C=S) groups is 1. The Hall–Kier alpha value is -2.75. The highest BCUT2D eigenvalue weighted by Crippen LogP contribution is 2.38. The fourth-order valence-corrected chi connectivity index (χ4v) is 4.75. The van der Waals surface area contributed by atoms with Crippen molar-refractivity contribution in [2.24, 2.45) is 0 Å². The van der Waals surface area contributed by atoms with Crippen LogP contribution >= 0.6 is 23.6 Å². The van der Waals surface area contributed by atoms with E-state index < -0.39 is 0 Å². The number of ether oxygens (including phenoxy) is 2. The van der Waals surface area contributed by atoms with Gasteiger partial charge in [-0.25, -0.2) is 0 Å². The molecule has 1 unspecified atom stereocenters. The van der Waals surface area contributed by atoms with E-state index >= 15 is 0 Å². The molecule has 0 amide bonds. The highest BCUT2D eigenvalue weighted by molar-refractivity contribution is 7.80. The quantitative estimate of drug-likeness (QED) is 0.325. The van der Waals surface area contributed by atoms with Crippen molar-refractivity contribution in [3.05, 3.63) is 58.9 Å². The Morgan fingerprint density at radius 2 is 2.03 bits per heavy atom. The highest BCUT2D eigenvalue weighted by Gasteiger charge is 2.34. The van der Waals surface area contributed by atoms with E-state index in [1.807, 2.05) is 55.6 Å². The lowest BCUT2D eigenvalue weighted by molar-refractivity contribution is 0.0749. The topological polar surface area (TPSA) is 72.7 Å². The molecule has 1 aliphatic rings. The first-order valence-corrected chi connectivity index (χ1v) is 12.2. The SMILES string of the molecule is COc1ccc(C2NC(=S)N(CCCOC(C)C)C(C)=C2c2nc(-c3cccs3)no2)cc1. The lowest BCUT2D eigenvalue weighted by Gasteiger charge is -2.37. The number of hydrogen-bond donors (Lipinski definition) is 1. The average Bonchev–Trinajstić information content (AvgIpc) is 3.50. The summed E-state index contributed by atoms with van der Waals surface area (Å²) >= 11 is 7.33. The molecule has 0 radical (unpaired) electrons. The third-order valence-electron chi connectivity index (χ3n) is 5.42. The van der Waals surface area contributed by atoms with Crippen molar-refractivity contribution in [2.75, 3.05) is 20.3 Å². The first-order chi connectivity index (χ1) is 16.0. The summed E-state index contributed by atoms with van der Waals surface area (Å²) in [5.41, 5.74) is 2.94. The number of nitrogens with zero attached hydrogens (tertiary/aromatic N) is 3. The van der Waals surface area contributed by atoms with Gasteiger partial charge in [0.05, 0.1) is 29.7 Å². The zero-order valence-electron chi connectivity index (χ0n) is 19.2. The maximum absolute atomic E-state index is 5.76. The van der Waals surface area contributed by atoms with Crippen LogP contribution in [0, 0.1) is 0 Å². The van der Waals surface area contributed by atoms with Crippen molar-refractivity contribution in [1.82, 2.24) is 20.4 Å². The molecular formula is C24H28N4O3S2. The number of nitrogens with one attached hydrogen (secondary N) is 1. The molecule has 0 fully saturated rings. The van der Waals surface area contributed by atoms with E-state index in [2.05, 4.69) is 22.3 Å². The van der Waals surface area contributed by atoms with E-state index in [4.69, 9.17) is 31.2 Å². The first kappa shape index (κ1) is 23.4. The van der Waals surface area contributed by atoms with E-state index in [9.17, 15) is 0 Å². The molecule has 0 spiro atoms. The standard InChI is InChI=1S/C24H28N4O3S2/c1-15(2)30-13-6-12-28-16(3)20(23-26-22(27-31-23)19-7-5-14-33-19)21(25-24(28)32)17-8-10-18(29-4)11-9-17/h5,7-11,14-15,21H,6,12-13H2,1-4H3,(H,25,32). The number of aromatic nitrogens is 2. The van der Waals surface area contributed by atoms with Gasteiger partial charge >= 0.3 is 0 Å². The van der Waals surface area contributed by atoms with Gasteiger partial charge in [0.2, 0.25) is 5.82 Å². The number of benzene rings is 1. The van der Waals surface area contributed by atoms with Gasteiger partial charge < -0.3 is 24.2 Å². The van der Waals surface area contributed by atoms with Crippen LogP contribution in [-0.4, -0.2) is 46.5 Å². The minimum Gasteiger partial charge on any atom is -0.497 e. The fraction of sp³-hybridized carbons (Fsp3) is 0.375. The molecule has 1 aromatic carbocycles. The van der Waals surface area contributed by atoms with Gasteiger partial charge in [-0.3, -0.25) is 0 Å². The van der Waals surface area contributed by atoms with Crippen LogP contribution in [0.2, 0.25) is 0 Å². The molecule has 0 aliphatic carbocycles. The van der Waals surface area contributed by atoms with E-state index in [1.54, 1.807) is 18.4 Å². The van der Waals surface area contributed by atoms with Crippen LogP contribution in [0.1, 0.15) is 44.7 Å². The van der Waals surface area contributed by atoms with Gasteiger partial charge in [0.15, 0.2) is 5.11 Å². The Bertz CT molecular complexity index is 1110. The second-order valence-electron chi connectivity index (χ2n) is 7.98. The summed E-state index contributed by atoms with van der Waals surface area (Å²) in [6, 6.07) is 11.7. The van der Waals surface area contributed by atoms with Crippen molar-refractivity contribution in [2.45, 2.75) is 39.3 Å². The van der Waals surface area contributed by atoms with Crippen LogP contribution in [0.25, 0.3) is 16.3 Å². The molecule has 3 aromatic rings. The minimum atomic E-state index is -0.219. The van der Waals surface area contributed by atoms with Gasteiger partial charge in [-0.2, -0.15) is 4.98 Å². The van der Waals surface area contributed by atoms with Crippen LogP contribution in [0.3, 0.4) is 0 Å². The number of methoxy groups -OCH3 is 1. The van der Waals surface area contributed by atoms with Crippen LogP contribution in [0.4, 0.5) is 0 Å². The van der Waals surface area contributed by atoms with E-state index in [0.29, 0.717) is 23.4 Å². The number of rotatable bonds is 9. The summed E-state index contributed by atoms with van der Waals surface area (Å²) in [5, 5.41) is 10.4. The summed E-state index contributed by atoms with van der Waals surface area (Å²) in [4.78, 5) is 7.78. The molecule has 7 nitrogen and oxygen atoms in total. The maximum Gasteiger partial charge on any atom is 0.258 e. The van der Waals surface area contributed by atoms with Crippen LogP contribution in [0.15, 0.2) is 52.0 Å². The monoisotopic (exact) mass is 484 g/mol. The van der Waals surface area contributed by atoms with E-state index in [-0.39, 0.29) is 12.1 Å². The summed E-state index contributed by atoms with van der Waals surface area (Å²) in [5.74, 6) is 1.86. The molecule has 3 heterocycles. The largest absolute Gasteiger partial charge is 0.497 e. The molecule has 1 atom stereocenters. The second kappa shape index (κ2) is 10.5. The molecule has 0 saturated heterocycles. The Balaban J connectivity index is 1.69. The van der Waals surface area contributed by atoms with Crippen LogP contribution < -0.4 is 10.1 Å². The van der Waals surface area contributed by atoms with Crippen molar-refractivity contribution in [3.63, 3.8) is 0 Å². The third kappa shape index (κ3) is 5.26. The number of hydrogen-bond acceptors (Lipinski definition) is 7. The second-order valence-corrected chi connectivity index (χ2v) is 9.31. The first-order valence-electron chi connectivity index (χ1n) is 10.9. The zero-order chi connectivity index (χ0) is 23.4. The minimum absolute atomic E-state index is 0.206. The van der Waals surface area contributed by atoms with Crippen molar-refractivity contribution in [1.29, 1.82) is 0 Å². The highest BCUT2D eigenvalue weighted by atomic mass is 32.1. The Morgan fingerprint density at radius 3 is 2.70 bits per heavy atom. The van der Waals surface area contributed by atoms with Gasteiger partial charge in [-0.05, 0) is 68.6 Å². The van der Waals surface area contributed by atoms with Crippen molar-refractivity contribution >= 4 is 34.2 Å². The predicted octanol–water partition coefficient (Wildman–Crippen LogP) is 5.28. The fourth-order valence-electron chi connectivity index (χ4n) is 3.75. The lowest BCUT2D eigenvalue weighted by Crippen LogP contribution is -2.46. The summed E-state index contributed by atoms with van der Waals surface area (Å²) < 4.78 is 16.8. The zero-order valence-corrected chi connectivity index (χ0v) is 20.8. The molecule has 33 heavy (non-hydrogen) atoms. The Kier molecular flexibility index (Phi) is 7.42. The van der Waals surface area contributed by atoms with Gasteiger partial charge in [0.1, 0.15) is 5.75 Å². The average molecular weight is 485 g/mol. The summed E-state index contributed by atoms with van der Waals surface area (Å²) in [6.45, 7) is 7.53. The molecule has 2 aromatic heterocycles. The normalized spacial score (nSPS) is 16.5. The van der Waals surface area contributed by atoms with E-state index in [1.165, 1.54) is 0 Å². The Morgan fingerprint density at radius 1 is 1.24 bits per heavy atom. The van der Waals surface area contributed by atoms with Crippen molar-refractivity contribution in [3.8, 4) is 16.5 Å². The summed E-state index contributed by atoms with van der Waals surface area (Å²) in [6.07, 6.45) is 1.06.